The normalized spacial score (nSPS) is 10.0. The van der Waals surface area contributed by atoms with Gasteiger partial charge >= 0.3 is 0 Å². The molecule has 3 heteroatoms. The van der Waals surface area contributed by atoms with Crippen LogP contribution in [0.25, 0.3) is 0 Å². The molecule has 0 aromatic heterocycles. The number of rotatable bonds is 5. The Kier molecular flexibility index (Phi) is 4.84. The zero-order chi connectivity index (χ0) is 11.1. The Labute approximate surface area is 90.9 Å². The first-order valence-electron chi connectivity index (χ1n) is 5.29. The van der Waals surface area contributed by atoms with Crippen LogP contribution < -0.4 is 10.6 Å². The third kappa shape index (κ3) is 4.13. The topological polar surface area (TPSA) is 41.1 Å². The van der Waals surface area contributed by atoms with Gasteiger partial charge in [-0.1, -0.05) is 19.1 Å². The summed E-state index contributed by atoms with van der Waals surface area (Å²) in [5, 5.41) is 5.95. The van der Waals surface area contributed by atoms with Gasteiger partial charge in [-0.2, -0.15) is 0 Å². The van der Waals surface area contributed by atoms with E-state index < -0.39 is 0 Å². The number of carbonyl (C=O) groups is 1. The molecule has 0 radical (unpaired) electrons. The number of anilines is 1. The maximum Gasteiger partial charge on any atom is 0.224 e. The Morgan fingerprint density at radius 3 is 2.87 bits per heavy atom. The Morgan fingerprint density at radius 2 is 2.20 bits per heavy atom. The van der Waals surface area contributed by atoms with E-state index in [9.17, 15) is 4.79 Å². The number of nitrogens with one attached hydrogen (secondary N) is 2. The molecule has 0 saturated carbocycles. The minimum Gasteiger partial charge on any atom is -0.326 e. The van der Waals surface area contributed by atoms with Crippen LogP contribution in [0.1, 0.15) is 25.3 Å². The van der Waals surface area contributed by atoms with Crippen molar-refractivity contribution in [2.75, 3.05) is 12.4 Å². The van der Waals surface area contributed by atoms with Gasteiger partial charge in [-0.25, -0.2) is 0 Å². The minimum atomic E-state index is 0.0825. The van der Waals surface area contributed by atoms with Crippen LogP contribution in [0.3, 0.4) is 0 Å². The molecule has 0 spiro atoms. The molecule has 0 bridgehead atoms. The molecule has 0 aliphatic carbocycles. The lowest BCUT2D eigenvalue weighted by Gasteiger charge is -2.06. The second-order valence-corrected chi connectivity index (χ2v) is 3.53. The van der Waals surface area contributed by atoms with Gasteiger partial charge in [-0.05, 0) is 31.2 Å². The number of benzene rings is 1. The molecule has 1 aromatic carbocycles. The molecule has 1 rings (SSSR count). The third-order valence-corrected chi connectivity index (χ3v) is 2.07. The van der Waals surface area contributed by atoms with E-state index >= 15 is 0 Å². The predicted octanol–water partition coefficient (Wildman–Crippen LogP) is 2.14. The maximum absolute atomic E-state index is 11.4. The summed E-state index contributed by atoms with van der Waals surface area (Å²) >= 11 is 0. The van der Waals surface area contributed by atoms with E-state index in [0.717, 1.165) is 18.7 Å². The summed E-state index contributed by atoms with van der Waals surface area (Å²) in [6.07, 6.45) is 1.46. The van der Waals surface area contributed by atoms with E-state index in [1.807, 2.05) is 38.2 Å². The zero-order valence-electron chi connectivity index (χ0n) is 9.34. The molecule has 1 amide bonds. The molecule has 0 aliphatic heterocycles. The van der Waals surface area contributed by atoms with Crippen molar-refractivity contribution in [2.45, 2.75) is 26.3 Å². The summed E-state index contributed by atoms with van der Waals surface area (Å²) in [6, 6.07) is 7.89. The first kappa shape index (κ1) is 11.7. The van der Waals surface area contributed by atoms with Crippen LogP contribution in [-0.4, -0.2) is 13.0 Å². The Morgan fingerprint density at radius 1 is 1.40 bits per heavy atom. The van der Waals surface area contributed by atoms with Crippen LogP contribution in [0.4, 0.5) is 5.69 Å². The number of amides is 1. The van der Waals surface area contributed by atoms with Crippen molar-refractivity contribution >= 4 is 11.6 Å². The van der Waals surface area contributed by atoms with E-state index in [-0.39, 0.29) is 5.91 Å². The molecule has 0 aliphatic rings. The van der Waals surface area contributed by atoms with Crippen molar-refractivity contribution in [3.05, 3.63) is 29.8 Å². The van der Waals surface area contributed by atoms with Crippen molar-refractivity contribution in [1.82, 2.24) is 5.32 Å². The molecule has 1 aromatic rings. The minimum absolute atomic E-state index is 0.0825. The molecule has 0 unspecified atom stereocenters. The van der Waals surface area contributed by atoms with Crippen molar-refractivity contribution < 1.29 is 4.79 Å². The zero-order valence-corrected chi connectivity index (χ0v) is 9.34. The van der Waals surface area contributed by atoms with Gasteiger partial charge in [-0.15, -0.1) is 0 Å². The first-order chi connectivity index (χ1) is 7.26. The van der Waals surface area contributed by atoms with Crippen molar-refractivity contribution in [3.8, 4) is 0 Å². The number of hydrogen-bond acceptors (Lipinski definition) is 2. The quantitative estimate of drug-likeness (QED) is 0.775. The predicted molar refractivity (Wildman–Crippen MR) is 62.7 cm³/mol. The highest BCUT2D eigenvalue weighted by Crippen LogP contribution is 2.10. The monoisotopic (exact) mass is 206 g/mol. The summed E-state index contributed by atoms with van der Waals surface area (Å²) in [5.74, 6) is 0.0825. The molecule has 0 fully saturated rings. The largest absolute Gasteiger partial charge is 0.326 e. The van der Waals surface area contributed by atoms with Crippen molar-refractivity contribution in [3.63, 3.8) is 0 Å². The Bertz CT molecular complexity index is 323. The van der Waals surface area contributed by atoms with Crippen LogP contribution in [0.2, 0.25) is 0 Å². The van der Waals surface area contributed by atoms with Gasteiger partial charge < -0.3 is 10.6 Å². The summed E-state index contributed by atoms with van der Waals surface area (Å²) in [5.41, 5.74) is 2.05. The van der Waals surface area contributed by atoms with E-state index in [1.165, 1.54) is 5.56 Å². The lowest BCUT2D eigenvalue weighted by atomic mass is 10.2. The lowest BCUT2D eigenvalue weighted by Crippen LogP contribution is -2.11. The lowest BCUT2D eigenvalue weighted by molar-refractivity contribution is -0.116. The van der Waals surface area contributed by atoms with E-state index in [4.69, 9.17) is 0 Å². The van der Waals surface area contributed by atoms with Gasteiger partial charge in [0.1, 0.15) is 0 Å². The summed E-state index contributed by atoms with van der Waals surface area (Å²) in [6.45, 7) is 2.81. The van der Waals surface area contributed by atoms with Crippen LogP contribution in [0.5, 0.6) is 0 Å². The Hall–Kier alpha value is -1.35. The maximum atomic E-state index is 11.4. The molecule has 2 N–H and O–H groups in total. The van der Waals surface area contributed by atoms with Gasteiger partial charge in [-0.3, -0.25) is 4.79 Å². The SMILES string of the molecule is CCCC(=O)Nc1cccc(CNC)c1. The summed E-state index contributed by atoms with van der Waals surface area (Å²) in [7, 11) is 1.91. The second-order valence-electron chi connectivity index (χ2n) is 3.53. The standard InChI is InChI=1S/C12H18N2O/c1-3-5-12(15)14-11-7-4-6-10(8-11)9-13-2/h4,6-8,13H,3,5,9H2,1-2H3,(H,14,15). The molecule has 0 heterocycles. The second kappa shape index (κ2) is 6.19. The molecule has 82 valence electrons. The molecule has 0 atom stereocenters. The molecule has 0 saturated heterocycles. The average molecular weight is 206 g/mol. The highest BCUT2D eigenvalue weighted by molar-refractivity contribution is 5.90. The highest BCUT2D eigenvalue weighted by atomic mass is 16.1. The van der Waals surface area contributed by atoms with Gasteiger partial charge in [0.2, 0.25) is 5.91 Å². The van der Waals surface area contributed by atoms with Crippen molar-refractivity contribution in [2.24, 2.45) is 0 Å². The molecular weight excluding hydrogens is 188 g/mol. The van der Waals surface area contributed by atoms with E-state index in [2.05, 4.69) is 10.6 Å². The average Bonchev–Trinajstić information content (AvgIpc) is 2.19. The molecule has 15 heavy (non-hydrogen) atoms. The summed E-state index contributed by atoms with van der Waals surface area (Å²) in [4.78, 5) is 11.4. The fourth-order valence-corrected chi connectivity index (χ4v) is 1.41. The van der Waals surface area contributed by atoms with E-state index in [0.29, 0.717) is 6.42 Å². The van der Waals surface area contributed by atoms with Gasteiger partial charge in [0.15, 0.2) is 0 Å². The third-order valence-electron chi connectivity index (χ3n) is 2.07. The van der Waals surface area contributed by atoms with Crippen LogP contribution in [-0.2, 0) is 11.3 Å². The first-order valence-corrected chi connectivity index (χ1v) is 5.29. The number of hydrogen-bond donors (Lipinski definition) is 2. The van der Waals surface area contributed by atoms with Gasteiger partial charge in [0.05, 0.1) is 0 Å². The van der Waals surface area contributed by atoms with Crippen molar-refractivity contribution in [1.29, 1.82) is 0 Å². The van der Waals surface area contributed by atoms with Gasteiger partial charge in [0.25, 0.3) is 0 Å². The van der Waals surface area contributed by atoms with Crippen LogP contribution >= 0.6 is 0 Å². The molecular formula is C12H18N2O. The van der Waals surface area contributed by atoms with Gasteiger partial charge in [0, 0.05) is 18.7 Å². The van der Waals surface area contributed by atoms with Crippen LogP contribution in [0, 0.1) is 0 Å². The highest BCUT2D eigenvalue weighted by Gasteiger charge is 2.00. The smallest absolute Gasteiger partial charge is 0.224 e. The van der Waals surface area contributed by atoms with Crippen LogP contribution in [0.15, 0.2) is 24.3 Å². The Balaban J connectivity index is 2.60. The molecule has 3 nitrogen and oxygen atoms in total. The fraction of sp³-hybridized carbons (Fsp3) is 0.417. The summed E-state index contributed by atoms with van der Waals surface area (Å²) < 4.78 is 0. The van der Waals surface area contributed by atoms with E-state index in [1.54, 1.807) is 0 Å². The number of carbonyl (C=O) groups excluding carboxylic acids is 1. The fourth-order valence-electron chi connectivity index (χ4n) is 1.41.